The maximum Gasteiger partial charge on any atom is 0.325 e. The Morgan fingerprint density at radius 1 is 0.973 bits per heavy atom. The zero-order valence-corrected chi connectivity index (χ0v) is 21.8. The number of carbonyl (C=O) groups excluding carboxylic acids is 3. The van der Waals surface area contributed by atoms with Crippen LogP contribution in [0.25, 0.3) is 0 Å². The number of phenolic OH excluding ortho intramolecular Hbond substituents is 1. The first kappa shape index (κ1) is 31.5. The zero-order chi connectivity index (χ0) is 28.0. The maximum atomic E-state index is 13.1. The average Bonchev–Trinajstić information content (AvgIpc) is 2.84. The van der Waals surface area contributed by atoms with Gasteiger partial charge in [-0.05, 0) is 62.3 Å². The van der Waals surface area contributed by atoms with Gasteiger partial charge in [-0.25, -0.2) is 0 Å². The van der Waals surface area contributed by atoms with Crippen molar-refractivity contribution in [2.45, 2.75) is 56.8 Å². The van der Waals surface area contributed by atoms with Gasteiger partial charge in [-0.1, -0.05) is 12.1 Å². The summed E-state index contributed by atoms with van der Waals surface area (Å²) < 4.78 is 0. The number of aromatic hydroxyl groups is 1. The summed E-state index contributed by atoms with van der Waals surface area (Å²) in [5.74, 6) is -2.56. The third-order valence-electron chi connectivity index (χ3n) is 5.28. The lowest BCUT2D eigenvalue weighted by Gasteiger charge is -2.24. The van der Waals surface area contributed by atoms with Crippen LogP contribution in [0.1, 0.15) is 31.7 Å². The van der Waals surface area contributed by atoms with Crippen LogP contribution in [0.4, 0.5) is 0 Å². The van der Waals surface area contributed by atoms with Crippen LogP contribution in [0, 0.1) is 0 Å². The van der Waals surface area contributed by atoms with E-state index in [0.29, 0.717) is 12.2 Å². The van der Waals surface area contributed by atoms with Crippen molar-refractivity contribution in [1.82, 2.24) is 16.0 Å². The second-order valence-corrected chi connectivity index (χ2v) is 9.38. The Hall–Kier alpha value is -3.52. The quantitative estimate of drug-likeness (QED) is 0.0696. The molecule has 37 heavy (non-hydrogen) atoms. The van der Waals surface area contributed by atoms with E-state index in [1.54, 1.807) is 12.1 Å². The normalized spacial score (nSPS) is 13.9. The Balaban J connectivity index is 2.92. The van der Waals surface area contributed by atoms with Gasteiger partial charge in [0.2, 0.25) is 17.7 Å². The molecule has 0 saturated heterocycles. The molecule has 1 rings (SSSR count). The van der Waals surface area contributed by atoms with Crippen molar-refractivity contribution in [2.75, 3.05) is 18.6 Å². The Kier molecular flexibility index (Phi) is 13.9. The van der Waals surface area contributed by atoms with Gasteiger partial charge in [0.05, 0.1) is 6.04 Å². The molecule has 1 aromatic carbocycles. The van der Waals surface area contributed by atoms with E-state index in [9.17, 15) is 24.3 Å². The van der Waals surface area contributed by atoms with Crippen molar-refractivity contribution in [1.29, 1.82) is 0 Å². The van der Waals surface area contributed by atoms with Crippen molar-refractivity contribution in [3.63, 3.8) is 0 Å². The van der Waals surface area contributed by atoms with Crippen LogP contribution in [0.15, 0.2) is 29.3 Å². The van der Waals surface area contributed by atoms with Crippen molar-refractivity contribution in [3.05, 3.63) is 29.8 Å². The third kappa shape index (κ3) is 12.3. The summed E-state index contributed by atoms with van der Waals surface area (Å²) in [6.07, 6.45) is 2.77. The van der Waals surface area contributed by atoms with Crippen LogP contribution in [0.3, 0.4) is 0 Å². The highest BCUT2D eigenvalue weighted by Crippen LogP contribution is 2.11. The maximum absolute atomic E-state index is 13.1. The number of phenols is 1. The molecular weight excluding hydrogens is 502 g/mol. The van der Waals surface area contributed by atoms with Gasteiger partial charge < -0.3 is 43.4 Å². The lowest BCUT2D eigenvalue weighted by atomic mass is 10.0. The fourth-order valence-electron chi connectivity index (χ4n) is 3.18. The fourth-order valence-corrected chi connectivity index (χ4v) is 3.65. The number of nitrogens with two attached hydrogens (primary N) is 3. The SMILES string of the molecule is CSCCC(NC(=O)C(N)Cc1ccc(O)cc1)C(=O)NC(CCCN=C(N)N)C(=O)NC(C)C(=O)O. The van der Waals surface area contributed by atoms with Gasteiger partial charge in [0.25, 0.3) is 0 Å². The average molecular weight is 540 g/mol. The lowest BCUT2D eigenvalue weighted by Crippen LogP contribution is -2.57. The van der Waals surface area contributed by atoms with E-state index in [1.165, 1.54) is 30.8 Å². The number of carbonyl (C=O) groups is 4. The van der Waals surface area contributed by atoms with E-state index in [2.05, 4.69) is 20.9 Å². The van der Waals surface area contributed by atoms with Crippen LogP contribution in [-0.4, -0.2) is 82.6 Å². The van der Waals surface area contributed by atoms with Crippen LogP contribution >= 0.6 is 11.8 Å². The number of aliphatic carboxylic acids is 1. The summed E-state index contributed by atoms with van der Waals surface area (Å²) >= 11 is 1.47. The molecule has 0 fully saturated rings. The molecule has 3 amide bonds. The molecule has 4 unspecified atom stereocenters. The molecule has 4 atom stereocenters. The highest BCUT2D eigenvalue weighted by molar-refractivity contribution is 7.98. The summed E-state index contributed by atoms with van der Waals surface area (Å²) in [6.45, 7) is 1.50. The fraction of sp³-hybridized carbons (Fsp3) is 0.522. The van der Waals surface area contributed by atoms with Crippen molar-refractivity contribution in [3.8, 4) is 5.75 Å². The van der Waals surface area contributed by atoms with Gasteiger partial charge in [0.15, 0.2) is 5.96 Å². The number of carboxylic acid groups (broad SMARTS) is 1. The molecule has 13 nitrogen and oxygen atoms in total. The molecule has 0 bridgehead atoms. The number of hydrogen-bond donors (Lipinski definition) is 8. The molecule has 1 aromatic rings. The van der Waals surface area contributed by atoms with Crippen LogP contribution in [-0.2, 0) is 25.6 Å². The van der Waals surface area contributed by atoms with Gasteiger partial charge in [0, 0.05) is 6.54 Å². The molecule has 0 aliphatic heterocycles. The number of nitrogens with zero attached hydrogens (tertiary/aromatic N) is 1. The molecule has 11 N–H and O–H groups in total. The summed E-state index contributed by atoms with van der Waals surface area (Å²) in [4.78, 5) is 53.6. The standard InChI is InChI=1S/C23H37N7O6S/c1-13(22(35)36)28-20(33)17(4-3-10-27-23(25)26)30-21(34)18(9-11-37-2)29-19(32)16(24)12-14-5-7-15(31)8-6-14/h5-8,13,16-18,31H,3-4,9-12,24H2,1-2H3,(H,28,33)(H,29,32)(H,30,34)(H,35,36)(H4,25,26,27). The second kappa shape index (κ2) is 16.3. The first-order valence-corrected chi connectivity index (χ1v) is 13.1. The minimum atomic E-state index is -1.23. The number of carboxylic acids is 1. The minimum absolute atomic E-state index is 0.0882. The first-order valence-electron chi connectivity index (χ1n) is 11.7. The van der Waals surface area contributed by atoms with Crippen LogP contribution < -0.4 is 33.2 Å². The second-order valence-electron chi connectivity index (χ2n) is 8.40. The number of aliphatic imine (C=N–C) groups is 1. The van der Waals surface area contributed by atoms with Gasteiger partial charge in [-0.15, -0.1) is 0 Å². The summed E-state index contributed by atoms with van der Waals surface area (Å²) in [6, 6.07) is 2.07. The predicted molar refractivity (Wildman–Crippen MR) is 142 cm³/mol. The van der Waals surface area contributed by atoms with Gasteiger partial charge in [-0.3, -0.25) is 24.2 Å². The molecule has 0 radical (unpaired) electrons. The molecule has 0 spiro atoms. The van der Waals surface area contributed by atoms with Gasteiger partial charge in [0.1, 0.15) is 23.9 Å². The molecule has 0 saturated carbocycles. The summed E-state index contributed by atoms with van der Waals surface area (Å²) in [7, 11) is 0. The Morgan fingerprint density at radius 3 is 2.11 bits per heavy atom. The van der Waals surface area contributed by atoms with E-state index in [0.717, 1.165) is 5.56 Å². The van der Waals surface area contributed by atoms with E-state index in [-0.39, 0.29) is 37.5 Å². The monoisotopic (exact) mass is 539 g/mol. The molecule has 0 aromatic heterocycles. The Morgan fingerprint density at radius 2 is 1.54 bits per heavy atom. The molecular formula is C23H37N7O6S. The van der Waals surface area contributed by atoms with Crippen LogP contribution in [0.2, 0.25) is 0 Å². The summed E-state index contributed by atoms with van der Waals surface area (Å²) in [5.41, 5.74) is 17.4. The molecule has 0 aliphatic carbocycles. The summed E-state index contributed by atoms with van der Waals surface area (Å²) in [5, 5.41) is 26.1. The molecule has 0 aliphatic rings. The number of nitrogens with one attached hydrogen (secondary N) is 3. The number of guanidine groups is 1. The number of hydrogen-bond acceptors (Lipinski definition) is 8. The first-order chi connectivity index (χ1) is 17.4. The van der Waals surface area contributed by atoms with E-state index in [1.807, 2.05) is 6.26 Å². The number of thioether (sulfide) groups is 1. The predicted octanol–water partition coefficient (Wildman–Crippen LogP) is -1.37. The largest absolute Gasteiger partial charge is 0.508 e. The smallest absolute Gasteiger partial charge is 0.325 e. The highest BCUT2D eigenvalue weighted by Gasteiger charge is 2.29. The van der Waals surface area contributed by atoms with Gasteiger partial charge in [-0.2, -0.15) is 11.8 Å². The lowest BCUT2D eigenvalue weighted by molar-refractivity contribution is -0.141. The Labute approximate surface area is 220 Å². The highest BCUT2D eigenvalue weighted by atomic mass is 32.2. The van der Waals surface area contributed by atoms with Crippen LogP contribution in [0.5, 0.6) is 5.75 Å². The zero-order valence-electron chi connectivity index (χ0n) is 21.0. The minimum Gasteiger partial charge on any atom is -0.508 e. The third-order valence-corrected chi connectivity index (χ3v) is 5.92. The van der Waals surface area contributed by atoms with Crippen molar-refractivity contribution < 1.29 is 29.4 Å². The Bertz CT molecular complexity index is 940. The van der Waals surface area contributed by atoms with Crippen molar-refractivity contribution in [2.24, 2.45) is 22.2 Å². The topological polar surface area (TPSA) is 235 Å². The number of rotatable bonds is 16. The number of benzene rings is 1. The van der Waals surface area contributed by atoms with E-state index < -0.39 is 47.9 Å². The van der Waals surface area contributed by atoms with E-state index >= 15 is 0 Å². The van der Waals surface area contributed by atoms with Gasteiger partial charge >= 0.3 is 5.97 Å². The molecule has 206 valence electrons. The number of amides is 3. The molecule has 14 heteroatoms. The molecule has 0 heterocycles. The van der Waals surface area contributed by atoms with Crippen molar-refractivity contribution >= 4 is 41.4 Å². The van der Waals surface area contributed by atoms with E-state index in [4.69, 9.17) is 22.3 Å².